The predicted octanol–water partition coefficient (Wildman–Crippen LogP) is 3.74. The van der Waals surface area contributed by atoms with Crippen LogP contribution in [-0.4, -0.2) is 28.7 Å². The van der Waals surface area contributed by atoms with Crippen LogP contribution in [0.25, 0.3) is 10.9 Å². The molecule has 2 rings (SSSR count). The van der Waals surface area contributed by atoms with E-state index in [9.17, 15) is 9.59 Å². The zero-order valence-electron chi connectivity index (χ0n) is 14.0. The fraction of sp³-hybridized carbons (Fsp3) is 0.444. The lowest BCUT2D eigenvalue weighted by molar-refractivity contribution is -0.137. The fourth-order valence-corrected chi connectivity index (χ4v) is 2.64. The summed E-state index contributed by atoms with van der Waals surface area (Å²) >= 11 is 0. The Morgan fingerprint density at radius 3 is 2.52 bits per heavy atom. The molecule has 1 N–H and O–H groups in total. The molecule has 0 unspecified atom stereocenters. The Morgan fingerprint density at radius 2 is 1.96 bits per heavy atom. The first-order valence-corrected chi connectivity index (χ1v) is 7.69. The SMILES string of the molecule is COc1cccc2c(CCCC(=O)O)cn(C(=O)C(C)(C)C)c12. The lowest BCUT2D eigenvalue weighted by atomic mass is 9.95. The van der Waals surface area contributed by atoms with Crippen molar-refractivity contribution in [2.75, 3.05) is 7.11 Å². The molecule has 124 valence electrons. The van der Waals surface area contributed by atoms with Crippen LogP contribution in [0.4, 0.5) is 0 Å². The predicted molar refractivity (Wildman–Crippen MR) is 89.1 cm³/mol. The van der Waals surface area contributed by atoms with Crippen molar-refractivity contribution in [2.45, 2.75) is 40.0 Å². The molecular formula is C18H23NO4. The van der Waals surface area contributed by atoms with Gasteiger partial charge in [-0.1, -0.05) is 32.9 Å². The average molecular weight is 317 g/mol. The van der Waals surface area contributed by atoms with Gasteiger partial charge in [-0.25, -0.2) is 0 Å². The summed E-state index contributed by atoms with van der Waals surface area (Å²) in [5, 5.41) is 9.75. The number of fused-ring (bicyclic) bond motifs is 1. The van der Waals surface area contributed by atoms with Crippen LogP contribution in [0, 0.1) is 5.41 Å². The summed E-state index contributed by atoms with van der Waals surface area (Å²) in [7, 11) is 1.58. The number of carboxylic acids is 1. The highest BCUT2D eigenvalue weighted by Crippen LogP contribution is 2.32. The van der Waals surface area contributed by atoms with E-state index in [1.807, 2.05) is 45.2 Å². The topological polar surface area (TPSA) is 68.5 Å². The quantitative estimate of drug-likeness (QED) is 0.912. The molecule has 0 aliphatic heterocycles. The van der Waals surface area contributed by atoms with Crippen molar-refractivity contribution in [3.05, 3.63) is 30.0 Å². The summed E-state index contributed by atoms with van der Waals surface area (Å²) in [5.74, 6) is -0.182. The molecule has 1 aromatic carbocycles. The van der Waals surface area contributed by atoms with Crippen LogP contribution in [0.1, 0.15) is 44.0 Å². The minimum atomic E-state index is -0.808. The van der Waals surface area contributed by atoms with Gasteiger partial charge in [0.2, 0.25) is 5.91 Å². The Kier molecular flexibility index (Phi) is 4.78. The van der Waals surface area contributed by atoms with E-state index in [1.165, 1.54) is 0 Å². The van der Waals surface area contributed by atoms with Crippen LogP contribution < -0.4 is 4.74 Å². The molecule has 0 amide bonds. The van der Waals surface area contributed by atoms with Gasteiger partial charge < -0.3 is 9.84 Å². The van der Waals surface area contributed by atoms with Crippen molar-refractivity contribution in [1.29, 1.82) is 0 Å². The number of ether oxygens (including phenoxy) is 1. The van der Waals surface area contributed by atoms with Crippen LogP contribution in [0.2, 0.25) is 0 Å². The molecule has 0 atom stereocenters. The van der Waals surface area contributed by atoms with Gasteiger partial charge in [0, 0.05) is 23.4 Å². The van der Waals surface area contributed by atoms with E-state index in [4.69, 9.17) is 9.84 Å². The smallest absolute Gasteiger partial charge is 0.303 e. The molecule has 0 saturated carbocycles. The maximum atomic E-state index is 12.8. The number of aliphatic carboxylic acids is 1. The number of methoxy groups -OCH3 is 1. The first-order valence-electron chi connectivity index (χ1n) is 7.69. The van der Waals surface area contributed by atoms with E-state index in [-0.39, 0.29) is 12.3 Å². The molecule has 0 saturated heterocycles. The maximum absolute atomic E-state index is 12.8. The second-order valence-corrected chi connectivity index (χ2v) is 6.68. The third-order valence-corrected chi connectivity index (χ3v) is 3.79. The Labute approximate surface area is 135 Å². The van der Waals surface area contributed by atoms with E-state index in [0.717, 1.165) is 16.5 Å². The molecule has 2 aromatic rings. The number of hydrogen-bond donors (Lipinski definition) is 1. The second-order valence-electron chi connectivity index (χ2n) is 6.68. The lowest BCUT2D eigenvalue weighted by Crippen LogP contribution is -2.26. The third-order valence-electron chi connectivity index (χ3n) is 3.79. The molecule has 1 heterocycles. The Hall–Kier alpha value is -2.30. The van der Waals surface area contributed by atoms with Crippen molar-refractivity contribution in [1.82, 2.24) is 4.57 Å². The summed E-state index contributed by atoms with van der Waals surface area (Å²) in [4.78, 5) is 23.5. The summed E-state index contributed by atoms with van der Waals surface area (Å²) < 4.78 is 7.06. The number of rotatable bonds is 5. The van der Waals surface area contributed by atoms with Crippen LogP contribution in [0.3, 0.4) is 0 Å². The van der Waals surface area contributed by atoms with Crippen LogP contribution in [0.5, 0.6) is 5.75 Å². The normalized spacial score (nSPS) is 11.7. The van der Waals surface area contributed by atoms with Gasteiger partial charge in [-0.15, -0.1) is 0 Å². The number of aromatic nitrogens is 1. The Balaban J connectivity index is 2.53. The van der Waals surface area contributed by atoms with Crippen LogP contribution in [-0.2, 0) is 11.2 Å². The largest absolute Gasteiger partial charge is 0.495 e. The highest BCUT2D eigenvalue weighted by Gasteiger charge is 2.26. The number of nitrogens with zero attached hydrogens (tertiary/aromatic N) is 1. The molecular weight excluding hydrogens is 294 g/mol. The Bertz CT molecular complexity index is 737. The van der Waals surface area contributed by atoms with Crippen molar-refractivity contribution in [2.24, 2.45) is 5.41 Å². The number of para-hydroxylation sites is 1. The minimum Gasteiger partial charge on any atom is -0.495 e. The number of hydrogen-bond acceptors (Lipinski definition) is 3. The number of carbonyl (C=O) groups is 2. The zero-order valence-corrected chi connectivity index (χ0v) is 14.0. The van der Waals surface area contributed by atoms with E-state index in [1.54, 1.807) is 11.7 Å². The Morgan fingerprint density at radius 1 is 1.26 bits per heavy atom. The standard InChI is InChI=1S/C18H23NO4/c1-18(2,3)17(22)19-11-12(7-5-10-15(20)21)13-8-6-9-14(23-4)16(13)19/h6,8-9,11H,5,7,10H2,1-4H3,(H,20,21). The molecule has 0 radical (unpaired) electrons. The highest BCUT2D eigenvalue weighted by molar-refractivity contribution is 5.99. The van der Waals surface area contributed by atoms with Gasteiger partial charge in [0.25, 0.3) is 0 Å². The number of benzene rings is 1. The third kappa shape index (κ3) is 3.55. The lowest BCUT2D eigenvalue weighted by Gasteiger charge is -2.18. The van der Waals surface area contributed by atoms with Gasteiger partial charge in [0.1, 0.15) is 5.75 Å². The van der Waals surface area contributed by atoms with Crippen molar-refractivity contribution >= 4 is 22.8 Å². The summed E-state index contributed by atoms with van der Waals surface area (Å²) in [6.45, 7) is 5.63. The summed E-state index contributed by atoms with van der Waals surface area (Å²) in [6, 6.07) is 5.66. The molecule has 0 fully saturated rings. The number of carbonyl (C=O) groups excluding carboxylic acids is 1. The molecule has 5 heteroatoms. The summed E-state index contributed by atoms with van der Waals surface area (Å²) in [5.41, 5.74) is 1.20. The van der Waals surface area contributed by atoms with Gasteiger partial charge in [0.15, 0.2) is 0 Å². The van der Waals surface area contributed by atoms with Gasteiger partial charge in [-0.05, 0) is 24.5 Å². The number of carboxylic acid groups (broad SMARTS) is 1. The van der Waals surface area contributed by atoms with Gasteiger partial charge >= 0.3 is 5.97 Å². The molecule has 1 aromatic heterocycles. The molecule has 0 spiro atoms. The van der Waals surface area contributed by atoms with Gasteiger partial charge in [-0.2, -0.15) is 0 Å². The van der Waals surface area contributed by atoms with Gasteiger partial charge in [0.05, 0.1) is 12.6 Å². The monoisotopic (exact) mass is 317 g/mol. The van der Waals surface area contributed by atoms with E-state index in [2.05, 4.69) is 0 Å². The first kappa shape index (κ1) is 17.1. The molecule has 23 heavy (non-hydrogen) atoms. The van der Waals surface area contributed by atoms with Crippen molar-refractivity contribution < 1.29 is 19.4 Å². The summed E-state index contributed by atoms with van der Waals surface area (Å²) in [6.07, 6.45) is 3.09. The van der Waals surface area contributed by atoms with Crippen LogP contribution >= 0.6 is 0 Å². The molecule has 5 nitrogen and oxygen atoms in total. The molecule has 0 aliphatic carbocycles. The second kappa shape index (κ2) is 6.44. The van der Waals surface area contributed by atoms with E-state index >= 15 is 0 Å². The molecule has 0 aliphatic rings. The van der Waals surface area contributed by atoms with Crippen LogP contribution in [0.15, 0.2) is 24.4 Å². The maximum Gasteiger partial charge on any atom is 0.303 e. The van der Waals surface area contributed by atoms with E-state index in [0.29, 0.717) is 18.6 Å². The highest BCUT2D eigenvalue weighted by atomic mass is 16.5. The van der Waals surface area contributed by atoms with E-state index < -0.39 is 11.4 Å². The van der Waals surface area contributed by atoms with Crippen molar-refractivity contribution in [3.8, 4) is 5.75 Å². The average Bonchev–Trinajstić information content (AvgIpc) is 2.84. The zero-order chi connectivity index (χ0) is 17.2. The minimum absolute atomic E-state index is 0.0171. The van der Waals surface area contributed by atoms with Gasteiger partial charge in [-0.3, -0.25) is 14.2 Å². The molecule has 0 bridgehead atoms. The van der Waals surface area contributed by atoms with Crippen molar-refractivity contribution in [3.63, 3.8) is 0 Å². The number of aryl methyl sites for hydroxylation is 1. The first-order chi connectivity index (χ1) is 10.8. The fourth-order valence-electron chi connectivity index (χ4n) is 2.64.